The van der Waals surface area contributed by atoms with Crippen LogP contribution in [-0.4, -0.2) is 30.1 Å². The number of hydrogen-bond acceptors (Lipinski definition) is 6. The Labute approximate surface area is 156 Å². The summed E-state index contributed by atoms with van der Waals surface area (Å²) < 4.78 is 13.3. The molecular weight excluding hydrogens is 361 g/mol. The first-order chi connectivity index (χ1) is 13.6. The fourth-order valence-corrected chi connectivity index (χ4v) is 3.33. The number of benzene rings is 2. The molecule has 0 amide bonds. The first kappa shape index (κ1) is 16.1. The second-order valence-corrected chi connectivity index (χ2v) is 6.20. The number of nitrogen functional groups attached to an aromatic ring is 1. The van der Waals surface area contributed by atoms with Gasteiger partial charge in [-0.3, -0.25) is 9.89 Å². The van der Waals surface area contributed by atoms with Gasteiger partial charge in [0.1, 0.15) is 0 Å². The van der Waals surface area contributed by atoms with Crippen molar-refractivity contribution >= 4 is 27.5 Å². The van der Waals surface area contributed by atoms with Crippen molar-refractivity contribution in [2.45, 2.75) is 0 Å². The minimum atomic E-state index is -0.558. The van der Waals surface area contributed by atoms with Crippen molar-refractivity contribution in [3.63, 3.8) is 0 Å². The van der Waals surface area contributed by atoms with Crippen LogP contribution in [0.4, 0.5) is 10.1 Å². The van der Waals surface area contributed by atoms with Crippen molar-refractivity contribution < 1.29 is 4.39 Å². The maximum absolute atomic E-state index is 13.3. The summed E-state index contributed by atoms with van der Waals surface area (Å²) in [7, 11) is 0. The normalized spacial score (nSPS) is 11.3. The van der Waals surface area contributed by atoms with Gasteiger partial charge in [0.2, 0.25) is 0 Å². The molecule has 136 valence electrons. The van der Waals surface area contributed by atoms with Crippen LogP contribution in [0.1, 0.15) is 0 Å². The third kappa shape index (κ3) is 2.33. The van der Waals surface area contributed by atoms with E-state index in [-0.39, 0.29) is 22.5 Å². The van der Waals surface area contributed by atoms with Gasteiger partial charge in [0.05, 0.1) is 47.0 Å². The van der Waals surface area contributed by atoms with Gasteiger partial charge in [0.25, 0.3) is 5.56 Å². The molecule has 0 saturated heterocycles. The van der Waals surface area contributed by atoms with Gasteiger partial charge in [0.15, 0.2) is 11.6 Å². The molecule has 28 heavy (non-hydrogen) atoms. The van der Waals surface area contributed by atoms with Crippen molar-refractivity contribution in [3.8, 4) is 22.5 Å². The standard InChI is InChI=1S/C19H12FN7O/c20-9-5-22-18(23-6-9)12-4-11(10-2-1-3-14-13(10)7-26-27-14)16(21)15-17(12)24-8-25-19(15)28/h1-8H,21H2,(H,26,27)(H,24,25,28). The van der Waals surface area contributed by atoms with Crippen molar-refractivity contribution in [1.29, 1.82) is 0 Å². The van der Waals surface area contributed by atoms with E-state index in [9.17, 15) is 9.18 Å². The fraction of sp³-hybridized carbons (Fsp3) is 0. The Morgan fingerprint density at radius 2 is 1.82 bits per heavy atom. The summed E-state index contributed by atoms with van der Waals surface area (Å²) in [6, 6.07) is 7.40. The van der Waals surface area contributed by atoms with Crippen LogP contribution in [0, 0.1) is 5.82 Å². The number of anilines is 1. The number of nitrogens with one attached hydrogen (secondary N) is 2. The molecule has 2 aromatic carbocycles. The highest BCUT2D eigenvalue weighted by molar-refractivity contribution is 6.08. The van der Waals surface area contributed by atoms with Gasteiger partial charge in [-0.05, 0) is 17.7 Å². The van der Waals surface area contributed by atoms with Crippen molar-refractivity contribution in [3.05, 3.63) is 65.4 Å². The number of nitrogens with zero attached hydrogens (tertiary/aromatic N) is 4. The van der Waals surface area contributed by atoms with Gasteiger partial charge in [0, 0.05) is 16.5 Å². The van der Waals surface area contributed by atoms with Crippen LogP contribution in [-0.2, 0) is 0 Å². The maximum atomic E-state index is 13.3. The van der Waals surface area contributed by atoms with Crippen LogP contribution in [0.15, 0.2) is 54.0 Å². The minimum Gasteiger partial charge on any atom is -0.398 e. The Morgan fingerprint density at radius 3 is 2.64 bits per heavy atom. The average molecular weight is 373 g/mol. The lowest BCUT2D eigenvalue weighted by Crippen LogP contribution is -2.11. The molecule has 5 rings (SSSR count). The predicted molar refractivity (Wildman–Crippen MR) is 103 cm³/mol. The van der Waals surface area contributed by atoms with Crippen LogP contribution in [0.5, 0.6) is 0 Å². The number of rotatable bonds is 2. The molecule has 0 bridgehead atoms. The largest absolute Gasteiger partial charge is 0.398 e. The highest BCUT2D eigenvalue weighted by Crippen LogP contribution is 2.38. The number of aromatic amines is 2. The van der Waals surface area contributed by atoms with E-state index in [1.54, 1.807) is 12.3 Å². The predicted octanol–water partition coefficient (Wildman–Crippen LogP) is 2.64. The van der Waals surface area contributed by atoms with Crippen molar-refractivity contribution in [1.82, 2.24) is 30.1 Å². The Kier molecular flexibility index (Phi) is 3.41. The van der Waals surface area contributed by atoms with Gasteiger partial charge in [-0.2, -0.15) is 5.10 Å². The Hall–Kier alpha value is -4.14. The number of fused-ring (bicyclic) bond motifs is 2. The summed E-state index contributed by atoms with van der Waals surface area (Å²) >= 11 is 0. The number of hydrogen-bond donors (Lipinski definition) is 3. The summed E-state index contributed by atoms with van der Waals surface area (Å²) in [6.45, 7) is 0. The second kappa shape index (κ2) is 5.95. The number of aromatic nitrogens is 6. The zero-order valence-electron chi connectivity index (χ0n) is 14.3. The SMILES string of the molecule is Nc1c(-c2cccc3[nH]ncc23)cc(-c2ncc(F)cn2)c2nc[nH]c(=O)c12. The smallest absolute Gasteiger partial charge is 0.260 e. The molecule has 0 unspecified atom stereocenters. The molecule has 3 aromatic heterocycles. The molecule has 8 nitrogen and oxygen atoms in total. The summed E-state index contributed by atoms with van der Waals surface area (Å²) in [5, 5.41) is 8.06. The van der Waals surface area contributed by atoms with Gasteiger partial charge in [-0.1, -0.05) is 12.1 Å². The summed E-state index contributed by atoms with van der Waals surface area (Å²) in [6.07, 6.45) is 5.10. The Morgan fingerprint density at radius 1 is 1.00 bits per heavy atom. The molecule has 0 aliphatic rings. The van der Waals surface area contributed by atoms with Crippen LogP contribution >= 0.6 is 0 Å². The number of nitrogens with two attached hydrogens (primary N) is 1. The van der Waals surface area contributed by atoms with Gasteiger partial charge >= 0.3 is 0 Å². The molecule has 9 heteroatoms. The van der Waals surface area contributed by atoms with Crippen LogP contribution < -0.4 is 11.3 Å². The van der Waals surface area contributed by atoms with Crippen molar-refractivity contribution in [2.75, 3.05) is 5.73 Å². The lowest BCUT2D eigenvalue weighted by atomic mass is 9.95. The van der Waals surface area contributed by atoms with E-state index in [4.69, 9.17) is 5.73 Å². The van der Waals surface area contributed by atoms with E-state index in [1.807, 2.05) is 18.2 Å². The molecule has 0 aliphatic heterocycles. The van der Waals surface area contributed by atoms with E-state index < -0.39 is 5.82 Å². The third-order valence-corrected chi connectivity index (χ3v) is 4.59. The Bertz CT molecular complexity index is 1410. The quantitative estimate of drug-likeness (QED) is 0.408. The van der Waals surface area contributed by atoms with E-state index in [0.717, 1.165) is 28.9 Å². The highest BCUT2D eigenvalue weighted by Gasteiger charge is 2.19. The lowest BCUT2D eigenvalue weighted by Gasteiger charge is -2.13. The fourth-order valence-electron chi connectivity index (χ4n) is 3.33. The summed E-state index contributed by atoms with van der Waals surface area (Å²) in [5.74, 6) is -0.317. The highest BCUT2D eigenvalue weighted by atomic mass is 19.1. The lowest BCUT2D eigenvalue weighted by molar-refractivity contribution is 0.614. The number of H-pyrrole nitrogens is 2. The van der Waals surface area contributed by atoms with E-state index >= 15 is 0 Å². The third-order valence-electron chi connectivity index (χ3n) is 4.59. The van der Waals surface area contributed by atoms with Crippen molar-refractivity contribution in [2.24, 2.45) is 0 Å². The van der Waals surface area contributed by atoms with E-state index in [1.165, 1.54) is 6.33 Å². The zero-order chi connectivity index (χ0) is 19.3. The first-order valence-electron chi connectivity index (χ1n) is 8.34. The topological polar surface area (TPSA) is 126 Å². The zero-order valence-corrected chi connectivity index (χ0v) is 14.3. The molecular formula is C19H12FN7O. The molecule has 0 spiro atoms. The van der Waals surface area contributed by atoms with Gasteiger partial charge < -0.3 is 10.7 Å². The van der Waals surface area contributed by atoms with Gasteiger partial charge in [-0.25, -0.2) is 19.3 Å². The molecule has 4 N–H and O–H groups in total. The molecule has 5 aromatic rings. The first-order valence-corrected chi connectivity index (χ1v) is 8.34. The maximum Gasteiger partial charge on any atom is 0.260 e. The molecule has 0 saturated carbocycles. The molecule has 3 heterocycles. The van der Waals surface area contributed by atoms with Crippen LogP contribution in [0.3, 0.4) is 0 Å². The Balaban J connectivity index is 1.92. The van der Waals surface area contributed by atoms with Crippen LogP contribution in [0.25, 0.3) is 44.3 Å². The van der Waals surface area contributed by atoms with Gasteiger partial charge in [-0.15, -0.1) is 0 Å². The summed E-state index contributed by atoms with van der Waals surface area (Å²) in [4.78, 5) is 27.4. The van der Waals surface area contributed by atoms with E-state index in [0.29, 0.717) is 16.6 Å². The molecule has 0 aliphatic carbocycles. The molecule has 0 radical (unpaired) electrons. The second-order valence-electron chi connectivity index (χ2n) is 6.20. The molecule has 0 fully saturated rings. The average Bonchev–Trinajstić information content (AvgIpc) is 3.18. The molecule has 0 atom stereocenters. The summed E-state index contributed by atoms with van der Waals surface area (Å²) in [5.41, 5.74) is 9.34. The van der Waals surface area contributed by atoms with E-state index in [2.05, 4.69) is 30.1 Å². The van der Waals surface area contributed by atoms with Crippen LogP contribution in [0.2, 0.25) is 0 Å². The minimum absolute atomic E-state index is 0.225. The number of halogens is 1. The monoisotopic (exact) mass is 373 g/mol.